The number of nitro groups is 1. The van der Waals surface area contributed by atoms with Crippen LogP contribution < -0.4 is 5.32 Å². The fourth-order valence-electron chi connectivity index (χ4n) is 4.00. The second-order valence-corrected chi connectivity index (χ2v) is 7.15. The first-order valence-corrected chi connectivity index (χ1v) is 9.55. The van der Waals surface area contributed by atoms with E-state index < -0.39 is 0 Å². The van der Waals surface area contributed by atoms with Gasteiger partial charge in [-0.05, 0) is 51.3 Å². The number of benzene rings is 1. The highest BCUT2D eigenvalue weighted by Gasteiger charge is 2.25. The fraction of sp³-hybridized carbons (Fsp3) is 0.526. The number of likely N-dealkylation sites (tertiary alicyclic amines) is 1. The summed E-state index contributed by atoms with van der Waals surface area (Å²) in [5.74, 6) is 0.934. The van der Waals surface area contributed by atoms with Gasteiger partial charge >= 0.3 is 0 Å². The minimum atomic E-state index is -0.329. The third-order valence-corrected chi connectivity index (χ3v) is 5.34. The van der Waals surface area contributed by atoms with E-state index in [1.165, 1.54) is 24.8 Å². The van der Waals surface area contributed by atoms with E-state index in [0.29, 0.717) is 5.69 Å². The predicted molar refractivity (Wildman–Crippen MR) is 101 cm³/mol. The molecular formula is C19H25N5O2. The van der Waals surface area contributed by atoms with Crippen molar-refractivity contribution in [1.82, 2.24) is 14.7 Å². The number of fused-ring (bicyclic) bond motifs is 1. The third kappa shape index (κ3) is 3.31. The Morgan fingerprint density at radius 1 is 1.12 bits per heavy atom. The smallest absolute Gasteiger partial charge is 0.294 e. The SMILES string of the molecule is O=[N+]([O-])c1ccccc1-n1nc(CN2CCCCC2)c2c1NCCCC2. The zero-order valence-electron chi connectivity index (χ0n) is 15.0. The molecule has 2 aliphatic heterocycles. The summed E-state index contributed by atoms with van der Waals surface area (Å²) in [5.41, 5.74) is 2.92. The average molecular weight is 355 g/mol. The molecule has 7 heteroatoms. The standard InChI is InChI=1S/C19H25N5O2/c25-24(26)18-10-3-2-9-17(18)23-19-15(8-4-5-11-20-19)16(21-23)14-22-12-6-1-7-13-22/h2-3,9-10,20H,1,4-8,11-14H2. The van der Waals surface area contributed by atoms with Crippen molar-refractivity contribution in [3.8, 4) is 5.69 Å². The molecule has 26 heavy (non-hydrogen) atoms. The van der Waals surface area contributed by atoms with Gasteiger partial charge in [0.15, 0.2) is 0 Å². The van der Waals surface area contributed by atoms with Gasteiger partial charge in [-0.15, -0.1) is 0 Å². The Balaban J connectivity index is 1.76. The number of aromatic nitrogens is 2. The van der Waals surface area contributed by atoms with Crippen molar-refractivity contribution in [2.45, 2.75) is 45.1 Å². The van der Waals surface area contributed by atoms with Crippen molar-refractivity contribution in [3.05, 3.63) is 45.6 Å². The average Bonchev–Trinajstić information content (AvgIpc) is 2.83. The van der Waals surface area contributed by atoms with Crippen molar-refractivity contribution < 1.29 is 4.92 Å². The van der Waals surface area contributed by atoms with Gasteiger partial charge < -0.3 is 5.32 Å². The molecule has 1 fully saturated rings. The molecule has 0 radical (unpaired) electrons. The monoisotopic (exact) mass is 355 g/mol. The van der Waals surface area contributed by atoms with Gasteiger partial charge in [-0.2, -0.15) is 5.10 Å². The van der Waals surface area contributed by atoms with Crippen LogP contribution in [-0.4, -0.2) is 39.2 Å². The number of nitrogens with zero attached hydrogens (tertiary/aromatic N) is 4. The Hall–Kier alpha value is -2.41. The van der Waals surface area contributed by atoms with Gasteiger partial charge in [0.1, 0.15) is 11.5 Å². The minimum absolute atomic E-state index is 0.0911. The van der Waals surface area contributed by atoms with E-state index >= 15 is 0 Å². The van der Waals surface area contributed by atoms with Crippen LogP contribution in [0.3, 0.4) is 0 Å². The van der Waals surface area contributed by atoms with Crippen LogP contribution in [-0.2, 0) is 13.0 Å². The largest absolute Gasteiger partial charge is 0.370 e. The van der Waals surface area contributed by atoms with Crippen molar-refractivity contribution in [3.63, 3.8) is 0 Å². The molecule has 1 aromatic heterocycles. The normalized spacial score (nSPS) is 18.0. The lowest BCUT2D eigenvalue weighted by atomic mass is 10.1. The van der Waals surface area contributed by atoms with E-state index in [0.717, 1.165) is 57.0 Å². The van der Waals surface area contributed by atoms with Crippen LogP contribution in [0.1, 0.15) is 43.4 Å². The molecule has 0 atom stereocenters. The fourth-order valence-corrected chi connectivity index (χ4v) is 4.00. The summed E-state index contributed by atoms with van der Waals surface area (Å²) in [4.78, 5) is 13.6. The summed E-state index contributed by atoms with van der Waals surface area (Å²) < 4.78 is 1.76. The summed E-state index contributed by atoms with van der Waals surface area (Å²) in [6.45, 7) is 3.93. The molecule has 1 aromatic carbocycles. The first kappa shape index (κ1) is 17.0. The molecule has 1 N–H and O–H groups in total. The zero-order chi connectivity index (χ0) is 17.9. The molecule has 2 aromatic rings. The number of nitrogens with one attached hydrogen (secondary N) is 1. The summed E-state index contributed by atoms with van der Waals surface area (Å²) in [5, 5.41) is 19.8. The Kier molecular flexibility index (Phi) is 4.88. The molecule has 0 spiro atoms. The lowest BCUT2D eigenvalue weighted by Crippen LogP contribution is -2.29. The third-order valence-electron chi connectivity index (χ3n) is 5.34. The van der Waals surface area contributed by atoms with Crippen LogP contribution in [0, 0.1) is 10.1 Å². The van der Waals surface area contributed by atoms with Crippen LogP contribution >= 0.6 is 0 Å². The van der Waals surface area contributed by atoms with Crippen LogP contribution in [0.15, 0.2) is 24.3 Å². The lowest BCUT2D eigenvalue weighted by Gasteiger charge is -2.25. The quantitative estimate of drug-likeness (QED) is 0.671. The van der Waals surface area contributed by atoms with Crippen LogP contribution in [0.2, 0.25) is 0 Å². The molecule has 0 amide bonds. The summed E-state index contributed by atoms with van der Waals surface area (Å²) in [6.07, 6.45) is 6.99. The molecule has 7 nitrogen and oxygen atoms in total. The first-order chi connectivity index (χ1) is 12.7. The molecule has 0 saturated carbocycles. The van der Waals surface area contributed by atoms with Crippen molar-refractivity contribution >= 4 is 11.5 Å². The molecule has 0 aliphatic carbocycles. The maximum Gasteiger partial charge on any atom is 0.294 e. The molecule has 0 unspecified atom stereocenters. The van der Waals surface area contributed by atoms with Gasteiger partial charge in [-0.1, -0.05) is 18.6 Å². The second kappa shape index (κ2) is 7.45. The summed E-state index contributed by atoms with van der Waals surface area (Å²) in [6, 6.07) is 6.86. The Morgan fingerprint density at radius 2 is 1.92 bits per heavy atom. The number of hydrogen-bond donors (Lipinski definition) is 1. The number of anilines is 1. The predicted octanol–water partition coefficient (Wildman–Crippen LogP) is 3.51. The number of nitro benzene ring substituents is 1. The molecule has 1 saturated heterocycles. The summed E-state index contributed by atoms with van der Waals surface area (Å²) in [7, 11) is 0. The van der Waals surface area contributed by atoms with Gasteiger partial charge in [-0.25, -0.2) is 4.68 Å². The Labute approximate surface area is 153 Å². The van der Waals surface area contributed by atoms with Gasteiger partial charge in [0.25, 0.3) is 5.69 Å². The number of hydrogen-bond acceptors (Lipinski definition) is 5. The van der Waals surface area contributed by atoms with Crippen molar-refractivity contribution in [2.24, 2.45) is 0 Å². The van der Waals surface area contributed by atoms with E-state index in [1.807, 2.05) is 6.07 Å². The molecule has 2 aliphatic rings. The topological polar surface area (TPSA) is 76.2 Å². The van der Waals surface area contributed by atoms with Crippen molar-refractivity contribution in [1.29, 1.82) is 0 Å². The van der Waals surface area contributed by atoms with Crippen LogP contribution in [0.4, 0.5) is 11.5 Å². The van der Waals surface area contributed by atoms with Crippen LogP contribution in [0.5, 0.6) is 0 Å². The maximum atomic E-state index is 11.5. The maximum absolute atomic E-state index is 11.5. The van der Waals surface area contributed by atoms with Crippen LogP contribution in [0.25, 0.3) is 5.69 Å². The Bertz CT molecular complexity index is 795. The molecule has 0 bridgehead atoms. The van der Waals surface area contributed by atoms with Gasteiger partial charge in [0.05, 0.1) is 10.6 Å². The van der Waals surface area contributed by atoms with Gasteiger partial charge in [-0.3, -0.25) is 15.0 Å². The molecular weight excluding hydrogens is 330 g/mol. The van der Waals surface area contributed by atoms with E-state index in [-0.39, 0.29) is 10.6 Å². The van der Waals surface area contributed by atoms with Gasteiger partial charge in [0, 0.05) is 24.7 Å². The number of piperidine rings is 1. The molecule has 4 rings (SSSR count). The highest BCUT2D eigenvalue weighted by molar-refractivity contribution is 5.60. The van der Waals surface area contributed by atoms with E-state index in [1.54, 1.807) is 22.9 Å². The lowest BCUT2D eigenvalue weighted by molar-refractivity contribution is -0.384. The van der Waals surface area contributed by atoms with E-state index in [4.69, 9.17) is 5.10 Å². The molecule has 138 valence electrons. The zero-order valence-corrected chi connectivity index (χ0v) is 15.0. The highest BCUT2D eigenvalue weighted by Crippen LogP contribution is 2.32. The first-order valence-electron chi connectivity index (χ1n) is 9.55. The van der Waals surface area contributed by atoms with Gasteiger partial charge in [0.2, 0.25) is 0 Å². The van der Waals surface area contributed by atoms with Crippen molar-refractivity contribution in [2.75, 3.05) is 25.0 Å². The number of rotatable bonds is 4. The van der Waals surface area contributed by atoms with E-state index in [2.05, 4.69) is 10.2 Å². The summed E-state index contributed by atoms with van der Waals surface area (Å²) >= 11 is 0. The molecule has 3 heterocycles. The van der Waals surface area contributed by atoms with E-state index in [9.17, 15) is 10.1 Å². The second-order valence-electron chi connectivity index (χ2n) is 7.15. The highest BCUT2D eigenvalue weighted by atomic mass is 16.6. The minimum Gasteiger partial charge on any atom is -0.370 e. The Morgan fingerprint density at radius 3 is 2.73 bits per heavy atom. The number of para-hydroxylation sites is 2.